The Morgan fingerprint density at radius 3 is 2.53 bits per heavy atom. The largest absolute Gasteiger partial charge is 0.310 e. The molecule has 1 heterocycles. The predicted molar refractivity (Wildman–Crippen MR) is 76.4 cm³/mol. The molecular formula is C16H17N3. The lowest BCUT2D eigenvalue weighted by Crippen LogP contribution is -2.21. The molecule has 2 rings (SSSR count). The third kappa shape index (κ3) is 3.64. The van der Waals surface area contributed by atoms with E-state index in [1.54, 1.807) is 12.4 Å². The summed E-state index contributed by atoms with van der Waals surface area (Å²) < 4.78 is 0. The van der Waals surface area contributed by atoms with Gasteiger partial charge in [-0.3, -0.25) is 4.98 Å². The van der Waals surface area contributed by atoms with E-state index in [4.69, 9.17) is 5.26 Å². The van der Waals surface area contributed by atoms with Gasteiger partial charge in [0.05, 0.1) is 5.56 Å². The second-order valence-corrected chi connectivity index (χ2v) is 4.81. The van der Waals surface area contributed by atoms with Crippen LogP contribution in [-0.4, -0.2) is 11.0 Å². The first kappa shape index (κ1) is 13.3. The molecule has 0 bridgehead atoms. The van der Waals surface area contributed by atoms with Crippen LogP contribution in [0.5, 0.6) is 0 Å². The summed E-state index contributed by atoms with van der Waals surface area (Å²) in [5, 5.41) is 12.3. The van der Waals surface area contributed by atoms with E-state index in [0.717, 1.165) is 17.7 Å². The molecule has 0 radical (unpaired) electrons. The van der Waals surface area contributed by atoms with E-state index in [1.165, 1.54) is 5.56 Å². The first-order valence-electron chi connectivity index (χ1n) is 6.37. The number of nitrogens with zero attached hydrogens (tertiary/aromatic N) is 2. The Balaban J connectivity index is 2.15. The quantitative estimate of drug-likeness (QED) is 0.908. The van der Waals surface area contributed by atoms with Crippen molar-refractivity contribution in [3.63, 3.8) is 0 Å². The molecule has 19 heavy (non-hydrogen) atoms. The summed E-state index contributed by atoms with van der Waals surface area (Å²) in [6.45, 7) is 5.13. The number of nitrogens with one attached hydrogen (secondary N) is 1. The summed E-state index contributed by atoms with van der Waals surface area (Å²) in [6.07, 6.45) is 3.35. The van der Waals surface area contributed by atoms with Gasteiger partial charge in [0.1, 0.15) is 6.07 Å². The summed E-state index contributed by atoms with van der Waals surface area (Å²) in [5.74, 6) is 0. The number of hydrogen-bond donors (Lipinski definition) is 1. The zero-order chi connectivity index (χ0) is 13.7. The van der Waals surface area contributed by atoms with Gasteiger partial charge in [-0.25, -0.2) is 0 Å². The molecule has 0 unspecified atom stereocenters. The Kier molecular flexibility index (Phi) is 4.27. The number of pyridine rings is 1. The van der Waals surface area contributed by atoms with Gasteiger partial charge >= 0.3 is 0 Å². The Labute approximate surface area is 113 Å². The first-order chi connectivity index (χ1) is 9.19. The maximum atomic E-state index is 8.88. The average Bonchev–Trinajstić information content (AvgIpc) is 2.45. The Morgan fingerprint density at radius 1 is 1.16 bits per heavy atom. The van der Waals surface area contributed by atoms with E-state index >= 15 is 0 Å². The molecule has 0 aliphatic heterocycles. The zero-order valence-corrected chi connectivity index (χ0v) is 11.2. The van der Waals surface area contributed by atoms with Crippen LogP contribution < -0.4 is 5.32 Å². The van der Waals surface area contributed by atoms with Crippen molar-refractivity contribution in [2.24, 2.45) is 0 Å². The van der Waals surface area contributed by atoms with Crippen LogP contribution in [-0.2, 0) is 6.54 Å². The van der Waals surface area contributed by atoms with Crippen molar-refractivity contribution in [3.8, 4) is 17.2 Å². The van der Waals surface area contributed by atoms with Crippen molar-refractivity contribution < 1.29 is 0 Å². The maximum Gasteiger partial charge on any atom is 0.101 e. The average molecular weight is 251 g/mol. The standard InChI is InChI=1S/C16H17N3/c1-12(2)19-10-13-3-5-15(6-4-13)16-7-14(8-17)9-18-11-16/h3-7,9,11-12,19H,10H2,1-2H3. The van der Waals surface area contributed by atoms with E-state index in [-0.39, 0.29) is 0 Å². The molecule has 0 saturated heterocycles. The lowest BCUT2D eigenvalue weighted by molar-refractivity contribution is 0.589. The summed E-state index contributed by atoms with van der Waals surface area (Å²) in [7, 11) is 0. The van der Waals surface area contributed by atoms with Crippen LogP contribution in [0, 0.1) is 11.3 Å². The number of benzene rings is 1. The molecule has 0 amide bonds. The smallest absolute Gasteiger partial charge is 0.101 e. The van der Waals surface area contributed by atoms with Crippen molar-refractivity contribution >= 4 is 0 Å². The van der Waals surface area contributed by atoms with Gasteiger partial charge in [-0.1, -0.05) is 38.1 Å². The third-order valence-corrected chi connectivity index (χ3v) is 2.87. The molecule has 96 valence electrons. The highest BCUT2D eigenvalue weighted by Crippen LogP contribution is 2.19. The van der Waals surface area contributed by atoms with Crippen LogP contribution in [0.3, 0.4) is 0 Å². The summed E-state index contributed by atoms with van der Waals surface area (Å²) in [6, 6.07) is 12.8. The molecule has 3 nitrogen and oxygen atoms in total. The Morgan fingerprint density at radius 2 is 1.89 bits per heavy atom. The normalized spacial score (nSPS) is 10.4. The lowest BCUT2D eigenvalue weighted by Gasteiger charge is -2.08. The molecule has 1 N–H and O–H groups in total. The highest BCUT2D eigenvalue weighted by molar-refractivity contribution is 5.64. The van der Waals surface area contributed by atoms with Crippen LogP contribution in [0.4, 0.5) is 0 Å². The van der Waals surface area contributed by atoms with Crippen LogP contribution in [0.15, 0.2) is 42.7 Å². The molecule has 1 aromatic heterocycles. The van der Waals surface area contributed by atoms with Gasteiger partial charge in [-0.05, 0) is 17.2 Å². The van der Waals surface area contributed by atoms with Crippen LogP contribution in [0.2, 0.25) is 0 Å². The van der Waals surface area contributed by atoms with Crippen LogP contribution in [0.1, 0.15) is 25.0 Å². The van der Waals surface area contributed by atoms with E-state index in [9.17, 15) is 0 Å². The topological polar surface area (TPSA) is 48.7 Å². The fourth-order valence-electron chi connectivity index (χ4n) is 1.80. The van der Waals surface area contributed by atoms with Gasteiger partial charge in [0.15, 0.2) is 0 Å². The monoisotopic (exact) mass is 251 g/mol. The minimum Gasteiger partial charge on any atom is -0.310 e. The fourth-order valence-corrected chi connectivity index (χ4v) is 1.80. The van der Waals surface area contributed by atoms with E-state index in [0.29, 0.717) is 11.6 Å². The van der Waals surface area contributed by atoms with Crippen molar-refractivity contribution in [3.05, 3.63) is 53.9 Å². The second-order valence-electron chi connectivity index (χ2n) is 4.81. The van der Waals surface area contributed by atoms with Gasteiger partial charge in [0, 0.05) is 30.5 Å². The number of rotatable bonds is 4. The Hall–Kier alpha value is -2.18. The number of nitriles is 1. The molecular weight excluding hydrogens is 234 g/mol. The van der Waals surface area contributed by atoms with Gasteiger partial charge in [0.2, 0.25) is 0 Å². The zero-order valence-electron chi connectivity index (χ0n) is 11.2. The van der Waals surface area contributed by atoms with Crippen molar-refractivity contribution in [1.82, 2.24) is 10.3 Å². The molecule has 2 aromatic rings. The molecule has 1 aromatic carbocycles. The third-order valence-electron chi connectivity index (χ3n) is 2.87. The van der Waals surface area contributed by atoms with E-state index < -0.39 is 0 Å². The van der Waals surface area contributed by atoms with Crippen LogP contribution in [0.25, 0.3) is 11.1 Å². The highest BCUT2D eigenvalue weighted by Gasteiger charge is 2.01. The highest BCUT2D eigenvalue weighted by atomic mass is 14.9. The summed E-state index contributed by atoms with van der Waals surface area (Å²) in [5.41, 5.74) is 3.89. The Bertz CT molecular complexity index is 580. The molecule has 0 atom stereocenters. The number of hydrogen-bond acceptors (Lipinski definition) is 3. The van der Waals surface area contributed by atoms with Crippen LogP contribution >= 0.6 is 0 Å². The summed E-state index contributed by atoms with van der Waals surface area (Å²) >= 11 is 0. The lowest BCUT2D eigenvalue weighted by atomic mass is 10.0. The molecule has 3 heteroatoms. The van der Waals surface area contributed by atoms with E-state index in [1.807, 2.05) is 6.07 Å². The minimum atomic E-state index is 0.483. The molecule has 0 fully saturated rings. The summed E-state index contributed by atoms with van der Waals surface area (Å²) in [4.78, 5) is 4.08. The molecule has 0 aliphatic carbocycles. The maximum absolute atomic E-state index is 8.88. The minimum absolute atomic E-state index is 0.483. The van der Waals surface area contributed by atoms with Gasteiger partial charge in [-0.2, -0.15) is 5.26 Å². The first-order valence-corrected chi connectivity index (χ1v) is 6.37. The SMILES string of the molecule is CC(C)NCc1ccc(-c2cncc(C#N)c2)cc1. The van der Waals surface area contributed by atoms with Gasteiger partial charge in [0.25, 0.3) is 0 Å². The number of aromatic nitrogens is 1. The van der Waals surface area contributed by atoms with E-state index in [2.05, 4.69) is 54.5 Å². The predicted octanol–water partition coefficient (Wildman–Crippen LogP) is 3.12. The van der Waals surface area contributed by atoms with Crippen molar-refractivity contribution in [2.75, 3.05) is 0 Å². The van der Waals surface area contributed by atoms with Crippen molar-refractivity contribution in [2.45, 2.75) is 26.4 Å². The van der Waals surface area contributed by atoms with Gasteiger partial charge < -0.3 is 5.32 Å². The molecule has 0 spiro atoms. The second kappa shape index (κ2) is 6.12. The van der Waals surface area contributed by atoms with Crippen molar-refractivity contribution in [1.29, 1.82) is 5.26 Å². The molecule has 0 saturated carbocycles. The fraction of sp³-hybridized carbons (Fsp3) is 0.250. The van der Waals surface area contributed by atoms with Gasteiger partial charge in [-0.15, -0.1) is 0 Å². The molecule has 0 aliphatic rings.